The van der Waals surface area contributed by atoms with Gasteiger partial charge in [-0.3, -0.25) is 0 Å². The van der Waals surface area contributed by atoms with E-state index in [0.29, 0.717) is 12.2 Å². The Bertz CT molecular complexity index is 926. The number of nitrogens with zero attached hydrogens (tertiary/aromatic N) is 2. The Morgan fingerprint density at radius 1 is 1.17 bits per heavy atom. The smallest absolute Gasteiger partial charge is 0.164 e. The van der Waals surface area contributed by atoms with E-state index in [1.54, 1.807) is 12.1 Å². The first-order valence-corrected chi connectivity index (χ1v) is 11.1. The van der Waals surface area contributed by atoms with Gasteiger partial charge < -0.3 is 26.0 Å². The Labute approximate surface area is 180 Å². The van der Waals surface area contributed by atoms with Gasteiger partial charge in [-0.25, -0.2) is 9.38 Å². The number of thioether (sulfide) groups is 1. The summed E-state index contributed by atoms with van der Waals surface area (Å²) in [5, 5.41) is 7.37. The molecule has 0 bridgehead atoms. The maximum Gasteiger partial charge on any atom is 0.164 e. The van der Waals surface area contributed by atoms with Crippen LogP contribution in [0.1, 0.15) is 5.56 Å². The third kappa shape index (κ3) is 4.88. The second-order valence-corrected chi connectivity index (χ2v) is 8.14. The first-order valence-electron chi connectivity index (χ1n) is 9.90. The van der Waals surface area contributed by atoms with Crippen LogP contribution in [-0.2, 0) is 11.2 Å². The largest absolute Gasteiger partial charge is 0.385 e. The summed E-state index contributed by atoms with van der Waals surface area (Å²) in [6.07, 6.45) is 4.36. The molecule has 0 aliphatic carbocycles. The SMILES string of the molecule is CSC1=NC(Cc2ccc(F)cc2)(Nc2ccc(N3CCOCC3)cc2)C=C(N)N1. The number of halogens is 1. The predicted octanol–water partition coefficient (Wildman–Crippen LogP) is 3.14. The number of nitrogens with two attached hydrogens (primary N) is 1. The number of benzene rings is 2. The lowest BCUT2D eigenvalue weighted by atomic mass is 9.98. The average molecular weight is 428 g/mol. The highest BCUT2D eigenvalue weighted by Crippen LogP contribution is 2.28. The van der Waals surface area contributed by atoms with Crippen molar-refractivity contribution in [3.63, 3.8) is 0 Å². The Kier molecular flexibility index (Phi) is 6.15. The molecule has 0 spiro atoms. The molecular weight excluding hydrogens is 401 g/mol. The van der Waals surface area contributed by atoms with Gasteiger partial charge in [-0.15, -0.1) is 0 Å². The molecule has 1 unspecified atom stereocenters. The van der Waals surface area contributed by atoms with Crippen molar-refractivity contribution in [2.24, 2.45) is 10.7 Å². The zero-order valence-electron chi connectivity index (χ0n) is 16.9. The van der Waals surface area contributed by atoms with Crippen molar-refractivity contribution in [3.8, 4) is 0 Å². The summed E-state index contributed by atoms with van der Waals surface area (Å²) in [5.41, 5.74) is 8.46. The minimum Gasteiger partial charge on any atom is -0.385 e. The number of morpholine rings is 1. The van der Waals surface area contributed by atoms with E-state index in [2.05, 4.69) is 39.8 Å². The molecule has 6 nitrogen and oxygen atoms in total. The van der Waals surface area contributed by atoms with Crippen molar-refractivity contribution in [1.82, 2.24) is 5.32 Å². The quantitative estimate of drug-likeness (QED) is 0.681. The van der Waals surface area contributed by atoms with Crippen molar-refractivity contribution in [3.05, 3.63) is 71.8 Å². The van der Waals surface area contributed by atoms with Crippen LogP contribution < -0.4 is 21.3 Å². The van der Waals surface area contributed by atoms with Gasteiger partial charge >= 0.3 is 0 Å². The fourth-order valence-corrected chi connectivity index (χ4v) is 4.17. The van der Waals surface area contributed by atoms with Crippen molar-refractivity contribution in [2.45, 2.75) is 12.1 Å². The standard InChI is InChI=1S/C22H26FN5OS/c1-30-21-25-20(24)15-22(27-21,14-16-2-4-17(23)5-3-16)26-18-6-8-19(9-7-18)28-10-12-29-13-11-28/h2-9,15,26H,10-14,24H2,1H3,(H,25,27). The molecule has 4 rings (SSSR count). The topological polar surface area (TPSA) is 74.9 Å². The summed E-state index contributed by atoms with van der Waals surface area (Å²) in [7, 11) is 0. The van der Waals surface area contributed by atoms with E-state index in [9.17, 15) is 4.39 Å². The molecule has 8 heteroatoms. The molecule has 1 saturated heterocycles. The number of amidine groups is 1. The van der Waals surface area contributed by atoms with Crippen LogP contribution in [0.15, 0.2) is 65.4 Å². The van der Waals surface area contributed by atoms with Gasteiger partial charge in [0.25, 0.3) is 0 Å². The molecule has 4 N–H and O–H groups in total. The second kappa shape index (κ2) is 8.97. The number of nitrogens with one attached hydrogen (secondary N) is 2. The lowest BCUT2D eigenvalue weighted by Gasteiger charge is -2.34. The number of rotatable bonds is 5. The lowest BCUT2D eigenvalue weighted by Crippen LogP contribution is -2.45. The number of hydrogen-bond acceptors (Lipinski definition) is 7. The van der Waals surface area contributed by atoms with Gasteiger partial charge in [-0.05, 0) is 48.2 Å². The van der Waals surface area contributed by atoms with Crippen LogP contribution in [0.25, 0.3) is 0 Å². The molecule has 30 heavy (non-hydrogen) atoms. The third-order valence-corrected chi connectivity index (χ3v) is 5.71. The van der Waals surface area contributed by atoms with Crippen molar-refractivity contribution in [1.29, 1.82) is 0 Å². The van der Waals surface area contributed by atoms with Gasteiger partial charge in [0.2, 0.25) is 0 Å². The van der Waals surface area contributed by atoms with Crippen LogP contribution in [0, 0.1) is 5.82 Å². The van der Waals surface area contributed by atoms with Gasteiger partial charge in [-0.2, -0.15) is 0 Å². The first kappa shape index (κ1) is 20.6. The van der Waals surface area contributed by atoms with Gasteiger partial charge in [0, 0.05) is 37.0 Å². The summed E-state index contributed by atoms with van der Waals surface area (Å²) in [5.74, 6) is 0.280. The molecule has 0 radical (unpaired) electrons. The van der Waals surface area contributed by atoms with Crippen molar-refractivity contribution in [2.75, 3.05) is 42.8 Å². The number of ether oxygens (including phenoxy) is 1. The van der Waals surface area contributed by atoms with Crippen molar-refractivity contribution >= 4 is 28.3 Å². The van der Waals surface area contributed by atoms with Gasteiger partial charge in [-0.1, -0.05) is 23.9 Å². The Hall–Kier alpha value is -2.71. The molecule has 1 fully saturated rings. The zero-order chi connectivity index (χ0) is 21.0. The monoisotopic (exact) mass is 427 g/mol. The fraction of sp³-hybridized carbons (Fsp3) is 0.318. The number of anilines is 2. The van der Waals surface area contributed by atoms with Crippen LogP contribution in [0.4, 0.5) is 15.8 Å². The summed E-state index contributed by atoms with van der Waals surface area (Å²) in [4.78, 5) is 7.20. The van der Waals surface area contributed by atoms with Crippen molar-refractivity contribution < 1.29 is 9.13 Å². The Balaban J connectivity index is 1.60. The normalized spacial score (nSPS) is 21.5. The Morgan fingerprint density at radius 2 is 1.87 bits per heavy atom. The van der Waals surface area contributed by atoms with E-state index in [0.717, 1.165) is 42.7 Å². The van der Waals surface area contributed by atoms with E-state index in [4.69, 9.17) is 15.5 Å². The highest BCUT2D eigenvalue weighted by Gasteiger charge is 2.32. The van der Waals surface area contributed by atoms with Crippen LogP contribution in [0.3, 0.4) is 0 Å². The molecule has 1 atom stereocenters. The summed E-state index contributed by atoms with van der Waals surface area (Å²) >= 11 is 1.50. The minimum absolute atomic E-state index is 0.256. The zero-order valence-corrected chi connectivity index (χ0v) is 17.7. The van der Waals surface area contributed by atoms with E-state index in [-0.39, 0.29) is 5.82 Å². The van der Waals surface area contributed by atoms with Crippen LogP contribution in [0.2, 0.25) is 0 Å². The average Bonchev–Trinajstić information content (AvgIpc) is 2.76. The van der Waals surface area contributed by atoms with Crippen LogP contribution >= 0.6 is 11.8 Å². The summed E-state index contributed by atoms with van der Waals surface area (Å²) < 4.78 is 18.8. The molecule has 0 amide bonds. The summed E-state index contributed by atoms with van der Waals surface area (Å²) in [6, 6.07) is 14.8. The van der Waals surface area contributed by atoms with Gasteiger partial charge in [0.05, 0.1) is 13.2 Å². The van der Waals surface area contributed by atoms with E-state index >= 15 is 0 Å². The maximum atomic E-state index is 13.4. The molecule has 2 heterocycles. The van der Waals surface area contributed by atoms with Crippen LogP contribution in [0.5, 0.6) is 0 Å². The summed E-state index contributed by atoms with van der Waals surface area (Å²) in [6.45, 7) is 3.30. The first-order chi connectivity index (χ1) is 14.5. The maximum absolute atomic E-state index is 13.4. The molecule has 2 aromatic carbocycles. The third-order valence-electron chi connectivity index (χ3n) is 5.13. The number of hydrogen-bond donors (Lipinski definition) is 3. The molecule has 2 aliphatic rings. The molecule has 2 aliphatic heterocycles. The fourth-order valence-electron chi connectivity index (χ4n) is 3.69. The number of aliphatic imine (C=N–C) groups is 1. The van der Waals surface area contributed by atoms with Gasteiger partial charge in [0.1, 0.15) is 11.6 Å². The Morgan fingerprint density at radius 3 is 2.53 bits per heavy atom. The second-order valence-electron chi connectivity index (χ2n) is 7.34. The van der Waals surface area contributed by atoms with E-state index in [1.807, 2.05) is 12.3 Å². The van der Waals surface area contributed by atoms with Gasteiger partial charge in [0.15, 0.2) is 10.8 Å². The van der Waals surface area contributed by atoms with E-state index in [1.165, 1.54) is 29.6 Å². The van der Waals surface area contributed by atoms with E-state index < -0.39 is 5.66 Å². The highest BCUT2D eigenvalue weighted by atomic mass is 32.2. The van der Waals surface area contributed by atoms with Crippen LogP contribution in [-0.4, -0.2) is 43.4 Å². The minimum atomic E-state index is -0.772. The molecule has 158 valence electrons. The highest BCUT2D eigenvalue weighted by molar-refractivity contribution is 8.13. The molecule has 0 saturated carbocycles. The molecule has 0 aromatic heterocycles. The predicted molar refractivity (Wildman–Crippen MR) is 122 cm³/mol. The molecular formula is C22H26FN5OS. The molecule has 2 aromatic rings. The lowest BCUT2D eigenvalue weighted by molar-refractivity contribution is 0.122.